The van der Waals surface area contributed by atoms with Crippen molar-refractivity contribution in [3.63, 3.8) is 0 Å². The van der Waals surface area contributed by atoms with E-state index in [0.29, 0.717) is 24.2 Å². The van der Waals surface area contributed by atoms with Gasteiger partial charge < -0.3 is 19.5 Å². The van der Waals surface area contributed by atoms with Gasteiger partial charge in [-0.2, -0.15) is 0 Å². The zero-order valence-corrected chi connectivity index (χ0v) is 15.8. The lowest BCUT2D eigenvalue weighted by atomic mass is 9.80. The van der Waals surface area contributed by atoms with Gasteiger partial charge in [0.25, 0.3) is 0 Å². The summed E-state index contributed by atoms with van der Waals surface area (Å²) in [5.41, 5.74) is 0.153. The van der Waals surface area contributed by atoms with Gasteiger partial charge in [0.1, 0.15) is 18.2 Å². The van der Waals surface area contributed by atoms with Crippen LogP contribution >= 0.6 is 0 Å². The van der Waals surface area contributed by atoms with Crippen LogP contribution in [0.5, 0.6) is 5.75 Å². The molecule has 2 bridgehead atoms. The van der Waals surface area contributed by atoms with E-state index in [-0.39, 0.29) is 24.8 Å². The summed E-state index contributed by atoms with van der Waals surface area (Å²) < 4.78 is 24.7. The Kier molecular flexibility index (Phi) is 4.98. The summed E-state index contributed by atoms with van der Waals surface area (Å²) >= 11 is 0. The van der Waals surface area contributed by atoms with Crippen LogP contribution in [0.15, 0.2) is 48.5 Å². The summed E-state index contributed by atoms with van der Waals surface area (Å²) in [6, 6.07) is 13.4. The number of fused-ring (bicyclic) bond motifs is 2. The maximum atomic E-state index is 13.8. The van der Waals surface area contributed by atoms with Crippen LogP contribution in [-0.2, 0) is 16.9 Å². The number of benzene rings is 2. The molecule has 2 fully saturated rings. The normalized spacial score (nSPS) is 26.2. The van der Waals surface area contributed by atoms with E-state index in [0.717, 1.165) is 18.4 Å². The number of piperidine rings is 1. The maximum Gasteiger partial charge on any atom is 0.410 e. The molecule has 2 aliphatic rings. The Labute approximate surface area is 163 Å². The standard InChI is InChI=1S/C22H24FNO4/c1-27-20-10-7-16(23)11-19(20)22(26)12-17-8-9-18(13-22)24(17)21(25)28-14-15-5-3-2-4-6-15/h2-7,10-11,17-18,26H,8-9,12-14H2,1H3. The molecule has 2 aromatic carbocycles. The van der Waals surface area contributed by atoms with E-state index < -0.39 is 11.4 Å². The fourth-order valence-corrected chi connectivity index (χ4v) is 4.58. The Hall–Kier alpha value is -2.60. The molecule has 2 heterocycles. The zero-order valence-electron chi connectivity index (χ0n) is 15.8. The number of carbonyl (C=O) groups is 1. The van der Waals surface area contributed by atoms with Crippen LogP contribution < -0.4 is 4.74 Å². The predicted octanol–water partition coefficient (Wildman–Crippen LogP) is 3.99. The van der Waals surface area contributed by atoms with Gasteiger partial charge in [0.15, 0.2) is 0 Å². The molecule has 2 aliphatic heterocycles. The predicted molar refractivity (Wildman–Crippen MR) is 101 cm³/mol. The van der Waals surface area contributed by atoms with E-state index in [1.165, 1.54) is 25.3 Å². The van der Waals surface area contributed by atoms with Crippen molar-refractivity contribution in [3.05, 3.63) is 65.5 Å². The second-order valence-electron chi connectivity index (χ2n) is 7.62. The highest BCUT2D eigenvalue weighted by Crippen LogP contribution is 2.48. The monoisotopic (exact) mass is 385 g/mol. The van der Waals surface area contributed by atoms with Crippen molar-refractivity contribution in [2.75, 3.05) is 7.11 Å². The molecule has 6 heteroatoms. The average molecular weight is 385 g/mol. The van der Waals surface area contributed by atoms with Crippen molar-refractivity contribution < 1.29 is 23.8 Å². The number of hydrogen-bond acceptors (Lipinski definition) is 4. The fourth-order valence-electron chi connectivity index (χ4n) is 4.58. The first-order valence-corrected chi connectivity index (χ1v) is 9.55. The number of halogens is 1. The zero-order chi connectivity index (χ0) is 19.7. The highest BCUT2D eigenvalue weighted by molar-refractivity contribution is 5.69. The van der Waals surface area contributed by atoms with Gasteiger partial charge in [-0.1, -0.05) is 30.3 Å². The molecule has 2 saturated heterocycles. The van der Waals surface area contributed by atoms with Crippen molar-refractivity contribution in [3.8, 4) is 5.75 Å². The largest absolute Gasteiger partial charge is 0.496 e. The van der Waals surface area contributed by atoms with E-state index in [2.05, 4.69) is 0 Å². The first-order chi connectivity index (χ1) is 13.5. The Morgan fingerprint density at radius 3 is 2.50 bits per heavy atom. The van der Waals surface area contributed by atoms with Crippen LogP contribution in [0.4, 0.5) is 9.18 Å². The van der Waals surface area contributed by atoms with E-state index in [9.17, 15) is 14.3 Å². The number of rotatable bonds is 4. The minimum atomic E-state index is -1.23. The van der Waals surface area contributed by atoms with Gasteiger partial charge in [0.05, 0.1) is 12.7 Å². The van der Waals surface area contributed by atoms with Crippen molar-refractivity contribution in [2.24, 2.45) is 0 Å². The Morgan fingerprint density at radius 2 is 1.86 bits per heavy atom. The third-order valence-corrected chi connectivity index (χ3v) is 5.85. The minimum Gasteiger partial charge on any atom is -0.496 e. The number of methoxy groups -OCH3 is 1. The van der Waals surface area contributed by atoms with Crippen LogP contribution in [0.1, 0.15) is 36.8 Å². The molecule has 2 unspecified atom stereocenters. The van der Waals surface area contributed by atoms with Crippen LogP contribution in [0.25, 0.3) is 0 Å². The van der Waals surface area contributed by atoms with Gasteiger partial charge >= 0.3 is 6.09 Å². The molecule has 4 rings (SSSR count). The number of ether oxygens (including phenoxy) is 2. The van der Waals surface area contributed by atoms with Crippen molar-refractivity contribution in [2.45, 2.75) is 50.0 Å². The van der Waals surface area contributed by atoms with E-state index in [1.807, 2.05) is 30.3 Å². The van der Waals surface area contributed by atoms with Gasteiger partial charge in [-0.25, -0.2) is 9.18 Å². The van der Waals surface area contributed by atoms with Gasteiger partial charge in [-0.05, 0) is 36.6 Å². The van der Waals surface area contributed by atoms with Gasteiger partial charge in [0, 0.05) is 30.5 Å². The van der Waals surface area contributed by atoms with E-state index in [1.54, 1.807) is 4.90 Å². The summed E-state index contributed by atoms with van der Waals surface area (Å²) in [5.74, 6) is 0.0460. The van der Waals surface area contributed by atoms with Gasteiger partial charge in [0.2, 0.25) is 0 Å². The molecule has 0 saturated carbocycles. The minimum absolute atomic E-state index is 0.139. The molecular weight excluding hydrogens is 361 g/mol. The first kappa shape index (κ1) is 18.7. The van der Waals surface area contributed by atoms with Crippen molar-refractivity contribution in [1.82, 2.24) is 4.90 Å². The second-order valence-corrected chi connectivity index (χ2v) is 7.62. The molecule has 2 atom stereocenters. The van der Waals surface area contributed by atoms with Crippen LogP contribution in [-0.4, -0.2) is 35.3 Å². The van der Waals surface area contributed by atoms with Crippen LogP contribution in [0.2, 0.25) is 0 Å². The SMILES string of the molecule is COc1ccc(F)cc1C1(O)CC2CCC(C1)N2C(=O)OCc1ccccc1. The van der Waals surface area contributed by atoms with E-state index in [4.69, 9.17) is 9.47 Å². The molecule has 1 amide bonds. The Bertz CT molecular complexity index is 843. The quantitative estimate of drug-likeness (QED) is 0.865. The second kappa shape index (κ2) is 7.43. The molecule has 0 spiro atoms. The van der Waals surface area contributed by atoms with Crippen molar-refractivity contribution in [1.29, 1.82) is 0 Å². The third kappa shape index (κ3) is 3.44. The molecule has 0 aliphatic carbocycles. The van der Waals surface area contributed by atoms with Crippen LogP contribution in [0.3, 0.4) is 0 Å². The summed E-state index contributed by atoms with van der Waals surface area (Å²) in [6.07, 6.45) is 1.91. The number of carbonyl (C=O) groups excluding carboxylic acids is 1. The lowest BCUT2D eigenvalue weighted by molar-refractivity contribution is -0.0549. The van der Waals surface area contributed by atoms with Crippen molar-refractivity contribution >= 4 is 6.09 Å². The lowest BCUT2D eigenvalue weighted by Gasteiger charge is -2.43. The van der Waals surface area contributed by atoms with Gasteiger partial charge in [-0.15, -0.1) is 0 Å². The van der Waals surface area contributed by atoms with Crippen LogP contribution in [0, 0.1) is 5.82 Å². The molecular formula is C22H24FNO4. The number of aliphatic hydroxyl groups is 1. The number of amides is 1. The topological polar surface area (TPSA) is 59.0 Å². The molecule has 5 nitrogen and oxygen atoms in total. The summed E-state index contributed by atoms with van der Waals surface area (Å²) in [4.78, 5) is 14.4. The van der Waals surface area contributed by atoms with Gasteiger partial charge in [-0.3, -0.25) is 0 Å². The molecule has 148 valence electrons. The molecule has 0 radical (unpaired) electrons. The highest BCUT2D eigenvalue weighted by Gasteiger charge is 2.51. The summed E-state index contributed by atoms with van der Waals surface area (Å²) in [7, 11) is 1.50. The smallest absolute Gasteiger partial charge is 0.410 e. The highest BCUT2D eigenvalue weighted by atomic mass is 19.1. The summed E-state index contributed by atoms with van der Waals surface area (Å²) in [5, 5.41) is 11.3. The molecule has 28 heavy (non-hydrogen) atoms. The molecule has 2 aromatic rings. The number of nitrogens with zero attached hydrogens (tertiary/aromatic N) is 1. The average Bonchev–Trinajstić information content (AvgIpc) is 2.99. The summed E-state index contributed by atoms with van der Waals surface area (Å²) in [6.45, 7) is 0.220. The Balaban J connectivity index is 1.50. The lowest BCUT2D eigenvalue weighted by Crippen LogP contribution is -2.52. The Morgan fingerprint density at radius 1 is 1.18 bits per heavy atom. The number of hydrogen-bond donors (Lipinski definition) is 1. The maximum absolute atomic E-state index is 13.8. The molecule has 0 aromatic heterocycles. The third-order valence-electron chi connectivity index (χ3n) is 5.85. The van der Waals surface area contributed by atoms with E-state index >= 15 is 0 Å². The fraction of sp³-hybridized carbons (Fsp3) is 0.409. The molecule has 1 N–H and O–H groups in total. The first-order valence-electron chi connectivity index (χ1n) is 9.55.